The summed E-state index contributed by atoms with van der Waals surface area (Å²) in [5.41, 5.74) is 0.742. The highest BCUT2D eigenvalue weighted by atomic mass is 19.1. The monoisotopic (exact) mass is 293 g/mol. The first kappa shape index (κ1) is 16.2. The molecule has 21 heavy (non-hydrogen) atoms. The van der Waals surface area contributed by atoms with Crippen LogP contribution in [0.2, 0.25) is 0 Å². The molecule has 1 unspecified atom stereocenters. The minimum atomic E-state index is -0.110. The van der Waals surface area contributed by atoms with Crippen LogP contribution in [0, 0.1) is 5.82 Å². The van der Waals surface area contributed by atoms with Gasteiger partial charge in [0.05, 0.1) is 5.69 Å². The van der Waals surface area contributed by atoms with E-state index in [4.69, 9.17) is 0 Å². The first-order chi connectivity index (χ1) is 10.2. The van der Waals surface area contributed by atoms with E-state index in [0.717, 1.165) is 45.0 Å². The van der Waals surface area contributed by atoms with Gasteiger partial charge in [-0.1, -0.05) is 25.5 Å². The number of nitrogens with one attached hydrogen (secondary N) is 1. The fourth-order valence-corrected chi connectivity index (χ4v) is 2.92. The predicted molar refractivity (Wildman–Crippen MR) is 87.4 cm³/mol. The van der Waals surface area contributed by atoms with Crippen LogP contribution in [-0.2, 0) is 0 Å². The van der Waals surface area contributed by atoms with E-state index in [1.165, 1.54) is 12.8 Å². The number of rotatable bonds is 7. The molecular weight excluding hydrogens is 265 g/mol. The smallest absolute Gasteiger partial charge is 0.146 e. The van der Waals surface area contributed by atoms with Gasteiger partial charge in [0.1, 0.15) is 5.82 Å². The van der Waals surface area contributed by atoms with E-state index in [2.05, 4.69) is 29.0 Å². The van der Waals surface area contributed by atoms with Gasteiger partial charge < -0.3 is 10.2 Å². The second kappa shape index (κ2) is 8.35. The zero-order valence-electron chi connectivity index (χ0n) is 13.3. The summed E-state index contributed by atoms with van der Waals surface area (Å²) in [6.07, 6.45) is 2.47. The molecule has 2 rings (SSSR count). The number of hydrogen-bond acceptors (Lipinski definition) is 3. The summed E-state index contributed by atoms with van der Waals surface area (Å²) in [5.74, 6) is -0.110. The van der Waals surface area contributed by atoms with Crippen molar-refractivity contribution in [3.8, 4) is 0 Å². The SMILES string of the molecule is CCCC(C)NCCN1CCN(c2ccccc2F)CC1. The molecule has 0 radical (unpaired) electrons. The fourth-order valence-electron chi connectivity index (χ4n) is 2.92. The summed E-state index contributed by atoms with van der Waals surface area (Å²) in [7, 11) is 0. The van der Waals surface area contributed by atoms with Crippen LogP contribution >= 0.6 is 0 Å². The van der Waals surface area contributed by atoms with Crippen LogP contribution in [0.5, 0.6) is 0 Å². The molecule has 0 amide bonds. The zero-order valence-corrected chi connectivity index (χ0v) is 13.3. The number of anilines is 1. The first-order valence-electron chi connectivity index (χ1n) is 8.16. The number of para-hydroxylation sites is 1. The van der Waals surface area contributed by atoms with Crippen molar-refractivity contribution in [2.24, 2.45) is 0 Å². The Kier molecular flexibility index (Phi) is 6.46. The van der Waals surface area contributed by atoms with E-state index < -0.39 is 0 Å². The van der Waals surface area contributed by atoms with E-state index in [9.17, 15) is 4.39 Å². The van der Waals surface area contributed by atoms with Crippen LogP contribution in [0.1, 0.15) is 26.7 Å². The van der Waals surface area contributed by atoms with Crippen molar-refractivity contribution >= 4 is 5.69 Å². The van der Waals surface area contributed by atoms with Crippen LogP contribution < -0.4 is 10.2 Å². The molecule has 1 atom stereocenters. The molecule has 0 aliphatic carbocycles. The molecule has 1 aromatic carbocycles. The van der Waals surface area contributed by atoms with Gasteiger partial charge in [-0.2, -0.15) is 0 Å². The van der Waals surface area contributed by atoms with Crippen molar-refractivity contribution in [2.45, 2.75) is 32.7 Å². The quantitative estimate of drug-likeness (QED) is 0.834. The second-order valence-corrected chi connectivity index (χ2v) is 5.92. The molecule has 1 aliphatic rings. The summed E-state index contributed by atoms with van der Waals surface area (Å²) < 4.78 is 13.8. The summed E-state index contributed by atoms with van der Waals surface area (Å²) in [4.78, 5) is 4.61. The van der Waals surface area contributed by atoms with Crippen LogP contribution in [0.3, 0.4) is 0 Å². The molecule has 1 N–H and O–H groups in total. The van der Waals surface area contributed by atoms with E-state index in [-0.39, 0.29) is 5.82 Å². The maximum Gasteiger partial charge on any atom is 0.146 e. The molecule has 1 fully saturated rings. The maximum atomic E-state index is 13.8. The standard InChI is InChI=1S/C17H28FN3/c1-3-6-15(2)19-9-10-20-11-13-21(14-12-20)17-8-5-4-7-16(17)18/h4-5,7-8,15,19H,3,6,9-14H2,1-2H3. The third kappa shape index (κ3) is 4.97. The molecule has 0 saturated carbocycles. The van der Waals surface area contributed by atoms with Crippen molar-refractivity contribution in [1.29, 1.82) is 0 Å². The van der Waals surface area contributed by atoms with E-state index >= 15 is 0 Å². The Morgan fingerprint density at radius 1 is 1.19 bits per heavy atom. The maximum absolute atomic E-state index is 13.8. The third-order valence-corrected chi connectivity index (χ3v) is 4.21. The Morgan fingerprint density at radius 2 is 1.90 bits per heavy atom. The predicted octanol–water partition coefficient (Wildman–Crippen LogP) is 2.73. The minimum absolute atomic E-state index is 0.110. The summed E-state index contributed by atoms with van der Waals surface area (Å²) in [6.45, 7) is 10.4. The highest BCUT2D eigenvalue weighted by Gasteiger charge is 2.18. The normalized spacial score (nSPS) is 18.0. The molecule has 1 heterocycles. The van der Waals surface area contributed by atoms with Gasteiger partial charge in [0.25, 0.3) is 0 Å². The lowest BCUT2D eigenvalue weighted by Gasteiger charge is -2.36. The number of halogens is 1. The summed E-state index contributed by atoms with van der Waals surface area (Å²) in [5, 5.41) is 3.57. The highest BCUT2D eigenvalue weighted by Crippen LogP contribution is 2.19. The molecule has 118 valence electrons. The van der Waals surface area contributed by atoms with E-state index in [0.29, 0.717) is 6.04 Å². The largest absolute Gasteiger partial charge is 0.367 e. The lowest BCUT2D eigenvalue weighted by atomic mass is 10.2. The Labute approximate surface area is 128 Å². The number of hydrogen-bond donors (Lipinski definition) is 1. The Balaban J connectivity index is 1.70. The molecule has 0 bridgehead atoms. The van der Waals surface area contributed by atoms with Crippen molar-refractivity contribution < 1.29 is 4.39 Å². The topological polar surface area (TPSA) is 18.5 Å². The molecule has 0 spiro atoms. The molecule has 1 aromatic rings. The molecule has 4 heteroatoms. The van der Waals surface area contributed by atoms with Crippen LogP contribution in [0.4, 0.5) is 10.1 Å². The molecule has 0 aromatic heterocycles. The van der Waals surface area contributed by atoms with Gasteiger partial charge in [-0.3, -0.25) is 4.90 Å². The van der Waals surface area contributed by atoms with Gasteiger partial charge in [0.2, 0.25) is 0 Å². The van der Waals surface area contributed by atoms with Crippen molar-refractivity contribution in [3.05, 3.63) is 30.1 Å². The molecule has 1 aliphatic heterocycles. The molecule has 1 saturated heterocycles. The fraction of sp³-hybridized carbons (Fsp3) is 0.647. The average Bonchev–Trinajstić information content (AvgIpc) is 2.49. The van der Waals surface area contributed by atoms with Gasteiger partial charge in [0.15, 0.2) is 0 Å². The summed E-state index contributed by atoms with van der Waals surface area (Å²) >= 11 is 0. The van der Waals surface area contributed by atoms with Crippen molar-refractivity contribution in [1.82, 2.24) is 10.2 Å². The number of benzene rings is 1. The van der Waals surface area contributed by atoms with Crippen LogP contribution in [0.25, 0.3) is 0 Å². The summed E-state index contributed by atoms with van der Waals surface area (Å²) in [6, 6.07) is 7.68. The van der Waals surface area contributed by atoms with Gasteiger partial charge in [-0.05, 0) is 25.5 Å². The lowest BCUT2D eigenvalue weighted by Crippen LogP contribution is -2.48. The number of piperazine rings is 1. The van der Waals surface area contributed by atoms with Gasteiger partial charge in [-0.25, -0.2) is 4.39 Å². The van der Waals surface area contributed by atoms with Crippen LogP contribution in [0.15, 0.2) is 24.3 Å². The molecule has 3 nitrogen and oxygen atoms in total. The molecular formula is C17H28FN3. The first-order valence-corrected chi connectivity index (χ1v) is 8.16. The van der Waals surface area contributed by atoms with Gasteiger partial charge in [-0.15, -0.1) is 0 Å². The van der Waals surface area contributed by atoms with Crippen molar-refractivity contribution in [3.63, 3.8) is 0 Å². The number of nitrogens with zero attached hydrogens (tertiary/aromatic N) is 2. The zero-order chi connectivity index (χ0) is 15.1. The van der Waals surface area contributed by atoms with E-state index in [1.54, 1.807) is 12.1 Å². The third-order valence-electron chi connectivity index (χ3n) is 4.21. The van der Waals surface area contributed by atoms with E-state index in [1.807, 2.05) is 12.1 Å². The lowest BCUT2D eigenvalue weighted by molar-refractivity contribution is 0.253. The average molecular weight is 293 g/mol. The Bertz CT molecular complexity index is 416. The Hall–Kier alpha value is -1.13. The minimum Gasteiger partial charge on any atom is -0.367 e. The Morgan fingerprint density at radius 3 is 2.57 bits per heavy atom. The van der Waals surface area contributed by atoms with Crippen molar-refractivity contribution in [2.75, 3.05) is 44.2 Å². The van der Waals surface area contributed by atoms with Crippen LogP contribution in [-0.4, -0.2) is 50.2 Å². The second-order valence-electron chi connectivity index (χ2n) is 5.92. The van der Waals surface area contributed by atoms with Gasteiger partial charge >= 0.3 is 0 Å². The van der Waals surface area contributed by atoms with Gasteiger partial charge in [0, 0.05) is 45.3 Å². The highest BCUT2D eigenvalue weighted by molar-refractivity contribution is 5.47.